The number of benzene rings is 1. The average Bonchev–Trinajstić information content (AvgIpc) is 2.79. The Kier molecular flexibility index (Phi) is 6.40. The summed E-state index contributed by atoms with van der Waals surface area (Å²) in [4.78, 5) is 23.9. The number of carbonyl (C=O) groups is 2. The zero-order chi connectivity index (χ0) is 15.8. The third-order valence-electron chi connectivity index (χ3n) is 3.98. The molecule has 22 heavy (non-hydrogen) atoms. The number of esters is 2. The van der Waals surface area contributed by atoms with Gasteiger partial charge in [0.25, 0.3) is 0 Å². The zero-order valence-corrected chi connectivity index (χ0v) is 12.9. The second-order valence-electron chi connectivity index (χ2n) is 5.54. The highest BCUT2D eigenvalue weighted by Gasteiger charge is 2.32. The Labute approximate surface area is 131 Å². The van der Waals surface area contributed by atoms with Gasteiger partial charge in [-0.1, -0.05) is 36.8 Å². The summed E-state index contributed by atoms with van der Waals surface area (Å²) in [6, 6.07) is 9.38. The van der Waals surface area contributed by atoms with Crippen molar-refractivity contribution in [1.82, 2.24) is 5.32 Å². The van der Waals surface area contributed by atoms with Crippen molar-refractivity contribution < 1.29 is 19.1 Å². The third kappa shape index (κ3) is 4.84. The molecule has 1 N–H and O–H groups in total. The van der Waals surface area contributed by atoms with E-state index < -0.39 is 0 Å². The molecule has 0 saturated carbocycles. The lowest BCUT2D eigenvalue weighted by Gasteiger charge is -2.23. The molecule has 2 rings (SSSR count). The molecule has 1 aromatic carbocycles. The SMILES string of the molecule is COC(=O)CC1NCCCCC1C(=O)OCc1ccccc1. The van der Waals surface area contributed by atoms with E-state index in [0.717, 1.165) is 31.4 Å². The third-order valence-corrected chi connectivity index (χ3v) is 3.98. The summed E-state index contributed by atoms with van der Waals surface area (Å²) >= 11 is 0. The molecule has 0 spiro atoms. The quantitative estimate of drug-likeness (QED) is 0.844. The molecule has 0 amide bonds. The molecule has 1 aliphatic rings. The first-order valence-electron chi connectivity index (χ1n) is 7.71. The largest absolute Gasteiger partial charge is 0.469 e. The van der Waals surface area contributed by atoms with Gasteiger partial charge in [-0.2, -0.15) is 0 Å². The van der Waals surface area contributed by atoms with Crippen LogP contribution in [-0.4, -0.2) is 31.6 Å². The fourth-order valence-electron chi connectivity index (χ4n) is 2.72. The highest BCUT2D eigenvalue weighted by Crippen LogP contribution is 2.21. The summed E-state index contributed by atoms with van der Waals surface area (Å²) in [5.74, 6) is -0.849. The monoisotopic (exact) mass is 305 g/mol. The molecule has 0 bridgehead atoms. The van der Waals surface area contributed by atoms with E-state index >= 15 is 0 Å². The first-order chi connectivity index (χ1) is 10.7. The smallest absolute Gasteiger partial charge is 0.310 e. The van der Waals surface area contributed by atoms with Gasteiger partial charge in [-0.05, 0) is 24.9 Å². The summed E-state index contributed by atoms with van der Waals surface area (Å²) < 4.78 is 10.2. The molecule has 1 saturated heterocycles. The van der Waals surface area contributed by atoms with Gasteiger partial charge in [0.2, 0.25) is 0 Å². The highest BCUT2D eigenvalue weighted by molar-refractivity contribution is 5.76. The van der Waals surface area contributed by atoms with Crippen LogP contribution >= 0.6 is 0 Å². The van der Waals surface area contributed by atoms with Crippen LogP contribution in [0.15, 0.2) is 30.3 Å². The van der Waals surface area contributed by atoms with Crippen molar-refractivity contribution in [2.75, 3.05) is 13.7 Å². The van der Waals surface area contributed by atoms with E-state index in [4.69, 9.17) is 9.47 Å². The molecule has 2 atom stereocenters. The van der Waals surface area contributed by atoms with Crippen LogP contribution in [0.3, 0.4) is 0 Å². The lowest BCUT2D eigenvalue weighted by Crippen LogP contribution is -2.41. The van der Waals surface area contributed by atoms with Gasteiger partial charge >= 0.3 is 11.9 Å². The van der Waals surface area contributed by atoms with Crippen LogP contribution in [0.1, 0.15) is 31.2 Å². The second kappa shape index (κ2) is 8.54. The molecule has 1 heterocycles. The highest BCUT2D eigenvalue weighted by atomic mass is 16.5. The van der Waals surface area contributed by atoms with Gasteiger partial charge in [-0.15, -0.1) is 0 Å². The van der Waals surface area contributed by atoms with E-state index in [0.29, 0.717) is 0 Å². The predicted molar refractivity (Wildman–Crippen MR) is 82.0 cm³/mol. The predicted octanol–water partition coefficient (Wildman–Crippen LogP) is 2.05. The van der Waals surface area contributed by atoms with Gasteiger partial charge in [0, 0.05) is 6.04 Å². The molecule has 1 fully saturated rings. The van der Waals surface area contributed by atoms with Gasteiger partial charge in [0.15, 0.2) is 0 Å². The summed E-state index contributed by atoms with van der Waals surface area (Å²) in [6.07, 6.45) is 2.89. The Morgan fingerprint density at radius 1 is 1.23 bits per heavy atom. The number of methoxy groups -OCH3 is 1. The Bertz CT molecular complexity index is 489. The van der Waals surface area contributed by atoms with E-state index in [2.05, 4.69) is 5.32 Å². The maximum absolute atomic E-state index is 12.4. The Morgan fingerprint density at radius 2 is 2.00 bits per heavy atom. The molecule has 5 heteroatoms. The van der Waals surface area contributed by atoms with Crippen LogP contribution in [0.5, 0.6) is 0 Å². The van der Waals surface area contributed by atoms with E-state index in [9.17, 15) is 9.59 Å². The zero-order valence-electron chi connectivity index (χ0n) is 12.9. The Morgan fingerprint density at radius 3 is 2.73 bits per heavy atom. The van der Waals surface area contributed by atoms with E-state index in [1.807, 2.05) is 30.3 Å². The van der Waals surface area contributed by atoms with E-state index in [1.54, 1.807) is 0 Å². The number of nitrogens with one attached hydrogen (secondary N) is 1. The molecule has 0 radical (unpaired) electrons. The van der Waals surface area contributed by atoms with Gasteiger partial charge in [-0.25, -0.2) is 0 Å². The standard InChI is InChI=1S/C17H23NO4/c1-21-16(19)11-15-14(9-5-6-10-18-15)17(20)22-12-13-7-3-2-4-8-13/h2-4,7-8,14-15,18H,5-6,9-12H2,1H3. The van der Waals surface area contributed by atoms with E-state index in [1.165, 1.54) is 7.11 Å². The number of hydrogen-bond acceptors (Lipinski definition) is 5. The van der Waals surface area contributed by atoms with Crippen LogP contribution in [0.2, 0.25) is 0 Å². The van der Waals surface area contributed by atoms with Gasteiger partial charge in [0.05, 0.1) is 19.4 Å². The Hall–Kier alpha value is -1.88. The fraction of sp³-hybridized carbons (Fsp3) is 0.529. The fourth-order valence-corrected chi connectivity index (χ4v) is 2.72. The maximum atomic E-state index is 12.4. The number of rotatable bonds is 5. The molecular weight excluding hydrogens is 282 g/mol. The molecule has 120 valence electrons. The number of carbonyl (C=O) groups excluding carboxylic acids is 2. The van der Waals surface area contributed by atoms with Gasteiger partial charge < -0.3 is 14.8 Å². The molecule has 1 aromatic rings. The minimum Gasteiger partial charge on any atom is -0.469 e. The topological polar surface area (TPSA) is 64.6 Å². The average molecular weight is 305 g/mol. The minimum atomic E-state index is -0.305. The van der Waals surface area contributed by atoms with Crippen molar-refractivity contribution in [2.45, 2.75) is 38.3 Å². The van der Waals surface area contributed by atoms with Crippen molar-refractivity contribution in [3.05, 3.63) is 35.9 Å². The number of ether oxygens (including phenoxy) is 2. The molecule has 2 unspecified atom stereocenters. The van der Waals surface area contributed by atoms with Crippen molar-refractivity contribution in [2.24, 2.45) is 5.92 Å². The summed E-state index contributed by atoms with van der Waals surface area (Å²) in [5.41, 5.74) is 0.960. The van der Waals surface area contributed by atoms with Gasteiger partial charge in [0.1, 0.15) is 6.61 Å². The molecule has 0 aliphatic carbocycles. The van der Waals surface area contributed by atoms with Gasteiger partial charge in [-0.3, -0.25) is 9.59 Å². The summed E-state index contributed by atoms with van der Waals surface area (Å²) in [5, 5.41) is 3.27. The first-order valence-corrected chi connectivity index (χ1v) is 7.71. The molecule has 5 nitrogen and oxygen atoms in total. The normalized spacial score (nSPS) is 21.7. The van der Waals surface area contributed by atoms with Crippen molar-refractivity contribution >= 4 is 11.9 Å². The van der Waals surface area contributed by atoms with Crippen LogP contribution in [0, 0.1) is 5.92 Å². The van der Waals surface area contributed by atoms with E-state index in [-0.39, 0.29) is 36.9 Å². The molecular formula is C17H23NO4. The number of hydrogen-bond donors (Lipinski definition) is 1. The summed E-state index contributed by atoms with van der Waals surface area (Å²) in [6.45, 7) is 1.07. The summed E-state index contributed by atoms with van der Waals surface area (Å²) in [7, 11) is 1.36. The Balaban J connectivity index is 1.95. The van der Waals surface area contributed by atoms with Crippen molar-refractivity contribution in [1.29, 1.82) is 0 Å². The van der Waals surface area contributed by atoms with Crippen molar-refractivity contribution in [3.63, 3.8) is 0 Å². The van der Waals surface area contributed by atoms with Crippen LogP contribution in [0.25, 0.3) is 0 Å². The lowest BCUT2D eigenvalue weighted by atomic mass is 9.93. The molecule has 1 aliphatic heterocycles. The lowest BCUT2D eigenvalue weighted by molar-refractivity contribution is -0.152. The van der Waals surface area contributed by atoms with Crippen LogP contribution < -0.4 is 5.32 Å². The maximum Gasteiger partial charge on any atom is 0.310 e. The van der Waals surface area contributed by atoms with Crippen molar-refractivity contribution in [3.8, 4) is 0 Å². The first kappa shape index (κ1) is 16.5. The van der Waals surface area contributed by atoms with Crippen LogP contribution in [-0.2, 0) is 25.7 Å². The minimum absolute atomic E-state index is 0.196. The second-order valence-corrected chi connectivity index (χ2v) is 5.54. The van der Waals surface area contributed by atoms with Crippen LogP contribution in [0.4, 0.5) is 0 Å². The molecule has 0 aromatic heterocycles.